The predicted molar refractivity (Wildman–Crippen MR) is 78.8 cm³/mol. The van der Waals surface area contributed by atoms with Gasteiger partial charge in [0, 0.05) is 18.1 Å². The van der Waals surface area contributed by atoms with E-state index in [1.54, 1.807) is 11.7 Å². The van der Waals surface area contributed by atoms with Gasteiger partial charge >= 0.3 is 0 Å². The molecule has 2 heterocycles. The first-order valence-electron chi connectivity index (χ1n) is 6.29. The van der Waals surface area contributed by atoms with Crippen LogP contribution in [0.5, 0.6) is 0 Å². The Morgan fingerprint density at radius 3 is 2.75 bits per heavy atom. The molecule has 1 aromatic carbocycles. The van der Waals surface area contributed by atoms with E-state index in [4.69, 9.17) is 11.6 Å². The molecular formula is C15H14ClN3O. The fourth-order valence-corrected chi connectivity index (χ4v) is 2.57. The van der Waals surface area contributed by atoms with Crippen molar-refractivity contribution >= 4 is 22.5 Å². The Bertz CT molecular complexity index is 762. The highest BCUT2D eigenvalue weighted by molar-refractivity contribution is 6.31. The molecular weight excluding hydrogens is 274 g/mol. The first-order chi connectivity index (χ1) is 9.56. The van der Waals surface area contributed by atoms with Crippen molar-refractivity contribution in [2.45, 2.75) is 13.0 Å². The van der Waals surface area contributed by atoms with Crippen molar-refractivity contribution in [3.05, 3.63) is 58.5 Å². The summed E-state index contributed by atoms with van der Waals surface area (Å²) in [5, 5.41) is 16.0. The summed E-state index contributed by atoms with van der Waals surface area (Å²) >= 11 is 6.07. The highest BCUT2D eigenvalue weighted by atomic mass is 35.5. The average molecular weight is 288 g/mol. The SMILES string of the molecule is Cc1ccc2cc(C(O)c3c(Cl)cnn3C)ccc2n1. The van der Waals surface area contributed by atoms with Gasteiger partial charge in [0.15, 0.2) is 0 Å². The Morgan fingerprint density at radius 2 is 2.05 bits per heavy atom. The van der Waals surface area contributed by atoms with E-state index in [0.717, 1.165) is 22.2 Å². The Kier molecular flexibility index (Phi) is 3.20. The summed E-state index contributed by atoms with van der Waals surface area (Å²) in [5.74, 6) is 0. The number of benzene rings is 1. The van der Waals surface area contributed by atoms with Crippen molar-refractivity contribution in [2.75, 3.05) is 0 Å². The molecule has 0 saturated carbocycles. The topological polar surface area (TPSA) is 50.9 Å². The lowest BCUT2D eigenvalue weighted by atomic mass is 10.0. The molecule has 0 saturated heterocycles. The van der Waals surface area contributed by atoms with Gasteiger partial charge < -0.3 is 5.11 Å². The Hall–Kier alpha value is -1.91. The normalized spacial score (nSPS) is 12.8. The van der Waals surface area contributed by atoms with Crippen molar-refractivity contribution in [3.63, 3.8) is 0 Å². The van der Waals surface area contributed by atoms with Crippen LogP contribution in [0, 0.1) is 6.92 Å². The highest BCUT2D eigenvalue weighted by Gasteiger charge is 2.18. The van der Waals surface area contributed by atoms with Gasteiger partial charge in [0.25, 0.3) is 0 Å². The molecule has 1 N–H and O–H groups in total. The van der Waals surface area contributed by atoms with Crippen LogP contribution in [0.2, 0.25) is 5.02 Å². The zero-order valence-electron chi connectivity index (χ0n) is 11.2. The summed E-state index contributed by atoms with van der Waals surface area (Å²) in [6.45, 7) is 1.96. The average Bonchev–Trinajstić information content (AvgIpc) is 2.77. The number of halogens is 1. The van der Waals surface area contributed by atoms with Crippen LogP contribution in [0.3, 0.4) is 0 Å². The summed E-state index contributed by atoms with van der Waals surface area (Å²) in [5.41, 5.74) is 3.25. The molecule has 1 unspecified atom stereocenters. The molecule has 4 nitrogen and oxygen atoms in total. The van der Waals surface area contributed by atoms with Gasteiger partial charge in [-0.25, -0.2) is 0 Å². The van der Waals surface area contributed by atoms with Crippen LogP contribution in [-0.2, 0) is 7.05 Å². The lowest BCUT2D eigenvalue weighted by Crippen LogP contribution is -2.07. The first-order valence-corrected chi connectivity index (χ1v) is 6.67. The third-order valence-electron chi connectivity index (χ3n) is 3.36. The van der Waals surface area contributed by atoms with Gasteiger partial charge in [-0.3, -0.25) is 9.67 Å². The number of pyridine rings is 1. The molecule has 0 aliphatic rings. The van der Waals surface area contributed by atoms with Crippen LogP contribution >= 0.6 is 11.6 Å². The van der Waals surface area contributed by atoms with Crippen molar-refractivity contribution in [1.82, 2.24) is 14.8 Å². The van der Waals surface area contributed by atoms with Gasteiger partial charge in [0.05, 0.1) is 22.4 Å². The number of hydrogen-bond donors (Lipinski definition) is 1. The molecule has 20 heavy (non-hydrogen) atoms. The predicted octanol–water partition coefficient (Wildman–Crippen LogP) is 3.01. The Labute approximate surface area is 121 Å². The van der Waals surface area contributed by atoms with Crippen LogP contribution in [-0.4, -0.2) is 19.9 Å². The highest BCUT2D eigenvalue weighted by Crippen LogP contribution is 2.29. The van der Waals surface area contributed by atoms with Crippen LogP contribution in [0.25, 0.3) is 10.9 Å². The number of nitrogens with zero attached hydrogens (tertiary/aromatic N) is 3. The van der Waals surface area contributed by atoms with Crippen LogP contribution in [0.4, 0.5) is 0 Å². The number of hydrogen-bond acceptors (Lipinski definition) is 3. The largest absolute Gasteiger partial charge is 0.382 e. The molecule has 102 valence electrons. The molecule has 3 aromatic rings. The van der Waals surface area contributed by atoms with Crippen LogP contribution in [0.15, 0.2) is 36.5 Å². The molecule has 0 aliphatic carbocycles. The van der Waals surface area contributed by atoms with Gasteiger partial charge in [0.1, 0.15) is 6.10 Å². The lowest BCUT2D eigenvalue weighted by Gasteiger charge is -2.13. The van der Waals surface area contributed by atoms with Gasteiger partial charge in [-0.1, -0.05) is 23.7 Å². The van der Waals surface area contributed by atoms with E-state index >= 15 is 0 Å². The summed E-state index contributed by atoms with van der Waals surface area (Å²) in [4.78, 5) is 4.45. The quantitative estimate of drug-likeness (QED) is 0.788. The van der Waals surface area contributed by atoms with Crippen molar-refractivity contribution in [2.24, 2.45) is 7.05 Å². The maximum atomic E-state index is 10.5. The smallest absolute Gasteiger partial charge is 0.122 e. The minimum absolute atomic E-state index is 0.460. The summed E-state index contributed by atoms with van der Waals surface area (Å²) in [6.07, 6.45) is 0.729. The molecule has 2 aromatic heterocycles. The Balaban J connectivity index is 2.08. The van der Waals surface area contributed by atoms with E-state index in [9.17, 15) is 5.11 Å². The minimum Gasteiger partial charge on any atom is -0.382 e. The van der Waals surface area contributed by atoms with E-state index in [2.05, 4.69) is 10.1 Å². The van der Waals surface area contributed by atoms with E-state index in [1.165, 1.54) is 6.20 Å². The second-order valence-electron chi connectivity index (χ2n) is 4.81. The molecule has 0 bridgehead atoms. The number of rotatable bonds is 2. The maximum absolute atomic E-state index is 10.5. The fourth-order valence-electron chi connectivity index (χ4n) is 2.30. The standard InChI is InChI=1S/C15H14ClN3O/c1-9-3-4-10-7-11(5-6-13(10)18-9)15(20)14-12(16)8-17-19(14)2/h3-8,15,20H,1-2H3. The molecule has 3 rings (SSSR count). The molecule has 0 radical (unpaired) electrons. The van der Waals surface area contributed by atoms with Crippen molar-refractivity contribution in [3.8, 4) is 0 Å². The molecule has 0 amide bonds. The van der Waals surface area contributed by atoms with Gasteiger partial charge in [-0.05, 0) is 30.7 Å². The van der Waals surface area contributed by atoms with Gasteiger partial charge in [0.2, 0.25) is 0 Å². The van der Waals surface area contributed by atoms with E-state index in [0.29, 0.717) is 10.7 Å². The molecule has 0 aliphatic heterocycles. The number of aryl methyl sites for hydroxylation is 2. The maximum Gasteiger partial charge on any atom is 0.122 e. The number of aromatic nitrogens is 3. The monoisotopic (exact) mass is 287 g/mol. The molecule has 5 heteroatoms. The zero-order valence-corrected chi connectivity index (χ0v) is 12.0. The first kappa shape index (κ1) is 13.1. The lowest BCUT2D eigenvalue weighted by molar-refractivity contribution is 0.210. The second kappa shape index (κ2) is 4.89. The zero-order chi connectivity index (χ0) is 14.3. The molecule has 1 atom stereocenters. The van der Waals surface area contributed by atoms with Crippen LogP contribution < -0.4 is 0 Å². The van der Waals surface area contributed by atoms with E-state index < -0.39 is 6.10 Å². The van der Waals surface area contributed by atoms with E-state index in [1.807, 2.05) is 37.3 Å². The minimum atomic E-state index is -0.805. The Morgan fingerprint density at radius 1 is 1.25 bits per heavy atom. The van der Waals surface area contributed by atoms with E-state index in [-0.39, 0.29) is 0 Å². The van der Waals surface area contributed by atoms with Gasteiger partial charge in [-0.15, -0.1) is 0 Å². The van der Waals surface area contributed by atoms with Gasteiger partial charge in [-0.2, -0.15) is 5.10 Å². The third-order valence-corrected chi connectivity index (χ3v) is 3.66. The van der Waals surface area contributed by atoms with Crippen LogP contribution in [0.1, 0.15) is 23.1 Å². The summed E-state index contributed by atoms with van der Waals surface area (Å²) in [6, 6.07) is 9.65. The second-order valence-corrected chi connectivity index (χ2v) is 5.22. The number of aliphatic hydroxyl groups excluding tert-OH is 1. The summed E-state index contributed by atoms with van der Waals surface area (Å²) < 4.78 is 1.59. The fraction of sp³-hybridized carbons (Fsp3) is 0.200. The van der Waals surface area contributed by atoms with Crippen molar-refractivity contribution < 1.29 is 5.11 Å². The third kappa shape index (κ3) is 2.17. The summed E-state index contributed by atoms with van der Waals surface area (Å²) in [7, 11) is 1.76. The number of aliphatic hydroxyl groups is 1. The molecule has 0 spiro atoms. The molecule has 0 fully saturated rings. The number of fused-ring (bicyclic) bond motifs is 1. The van der Waals surface area contributed by atoms with Crippen molar-refractivity contribution in [1.29, 1.82) is 0 Å².